The van der Waals surface area contributed by atoms with Gasteiger partial charge in [0.2, 0.25) is 0 Å². The lowest BCUT2D eigenvalue weighted by Gasteiger charge is -1.99. The summed E-state index contributed by atoms with van der Waals surface area (Å²) in [6.45, 7) is 0. The normalized spacial score (nSPS) is 8.18. The summed E-state index contributed by atoms with van der Waals surface area (Å²) in [5.41, 5.74) is 1.94. The number of halogens is 1. The second-order valence-electron chi connectivity index (χ2n) is 1.80. The van der Waals surface area contributed by atoms with Crippen LogP contribution in [0.5, 0.6) is 0 Å². The van der Waals surface area contributed by atoms with Crippen molar-refractivity contribution in [3.63, 3.8) is 0 Å². The van der Waals surface area contributed by atoms with Gasteiger partial charge in [0, 0.05) is 11.4 Å². The van der Waals surface area contributed by atoms with Crippen molar-refractivity contribution < 1.29 is 0 Å². The molecule has 0 bridgehead atoms. The lowest BCUT2D eigenvalue weighted by Crippen LogP contribution is -1.81. The van der Waals surface area contributed by atoms with Gasteiger partial charge in [0.1, 0.15) is 0 Å². The summed E-state index contributed by atoms with van der Waals surface area (Å²) < 4.78 is 5.44. The van der Waals surface area contributed by atoms with Crippen LogP contribution in [-0.4, -0.2) is 0 Å². The first kappa shape index (κ1) is 10.8. The summed E-state index contributed by atoms with van der Waals surface area (Å²) in [6, 6.07) is 7.63. The molecule has 1 aromatic rings. The Morgan fingerprint density at radius 2 is 1.09 bits per heavy atom. The van der Waals surface area contributed by atoms with Crippen molar-refractivity contribution in [1.82, 2.24) is 0 Å². The van der Waals surface area contributed by atoms with Crippen LogP contribution < -0.4 is 9.44 Å². The number of hydrogen-bond donors (Lipinski definition) is 4. The summed E-state index contributed by atoms with van der Waals surface area (Å²) in [6.07, 6.45) is 0. The van der Waals surface area contributed by atoms with Crippen LogP contribution in [0.2, 0.25) is 0 Å². The Hall–Kier alpha value is -0.190. The Bertz CT molecular complexity index is 179. The number of thiol groups is 2. The molecule has 2 N–H and O–H groups in total. The maximum Gasteiger partial charge on any atom is 0.0439 e. The molecule has 1 rings (SSSR count). The van der Waals surface area contributed by atoms with Gasteiger partial charge in [-0.2, -0.15) is 0 Å². The Labute approximate surface area is 83.3 Å². The molecule has 2 nitrogen and oxygen atoms in total. The molecule has 0 heterocycles. The first-order valence-corrected chi connectivity index (χ1v) is 3.66. The highest BCUT2D eigenvalue weighted by Crippen LogP contribution is 2.13. The quantitative estimate of drug-likeness (QED) is 0.562. The SMILES string of the molecule is Cl.SNc1ccc(NS)cc1. The van der Waals surface area contributed by atoms with Gasteiger partial charge < -0.3 is 9.44 Å². The molecule has 0 aliphatic carbocycles. The molecular formula is C6H9ClN2S2. The lowest BCUT2D eigenvalue weighted by atomic mass is 10.3. The third-order valence-corrected chi connectivity index (χ3v) is 1.66. The number of anilines is 2. The van der Waals surface area contributed by atoms with Gasteiger partial charge in [-0.15, -0.1) is 12.4 Å². The van der Waals surface area contributed by atoms with E-state index in [4.69, 9.17) is 0 Å². The van der Waals surface area contributed by atoms with Crippen molar-refractivity contribution in [2.75, 3.05) is 9.44 Å². The van der Waals surface area contributed by atoms with Crippen LogP contribution in [0.25, 0.3) is 0 Å². The molecule has 1 aromatic carbocycles. The minimum Gasteiger partial charge on any atom is -0.332 e. The highest BCUT2D eigenvalue weighted by Gasteiger charge is 1.87. The molecule has 0 spiro atoms. The molecule has 0 aliphatic heterocycles. The zero-order valence-corrected chi connectivity index (χ0v) is 8.22. The van der Waals surface area contributed by atoms with Gasteiger partial charge in [-0.3, -0.25) is 0 Å². The van der Waals surface area contributed by atoms with Gasteiger partial charge in [0.05, 0.1) is 0 Å². The van der Waals surface area contributed by atoms with Crippen LogP contribution in [0, 0.1) is 0 Å². The van der Waals surface area contributed by atoms with Gasteiger partial charge in [0.25, 0.3) is 0 Å². The van der Waals surface area contributed by atoms with E-state index in [0.29, 0.717) is 0 Å². The summed E-state index contributed by atoms with van der Waals surface area (Å²) in [4.78, 5) is 0. The third-order valence-electron chi connectivity index (χ3n) is 1.14. The molecule has 0 aromatic heterocycles. The van der Waals surface area contributed by atoms with Crippen LogP contribution >= 0.6 is 38.0 Å². The first-order chi connectivity index (χ1) is 4.86. The van der Waals surface area contributed by atoms with Crippen LogP contribution in [0.1, 0.15) is 0 Å². The fraction of sp³-hybridized carbons (Fsp3) is 0. The van der Waals surface area contributed by atoms with Crippen molar-refractivity contribution in [1.29, 1.82) is 0 Å². The number of hydrogen-bond acceptors (Lipinski definition) is 4. The van der Waals surface area contributed by atoms with Crippen LogP contribution in [0.15, 0.2) is 24.3 Å². The van der Waals surface area contributed by atoms with E-state index in [9.17, 15) is 0 Å². The van der Waals surface area contributed by atoms with Crippen molar-refractivity contribution in [2.45, 2.75) is 0 Å². The van der Waals surface area contributed by atoms with Crippen LogP contribution in [-0.2, 0) is 0 Å². The molecule has 62 valence electrons. The van der Waals surface area contributed by atoms with Gasteiger partial charge in [-0.1, -0.05) is 25.6 Å². The number of nitrogens with one attached hydrogen (secondary N) is 2. The van der Waals surface area contributed by atoms with Crippen LogP contribution in [0.4, 0.5) is 11.4 Å². The average Bonchev–Trinajstić information content (AvgIpc) is 2.05. The average molecular weight is 209 g/mol. The fourth-order valence-corrected chi connectivity index (χ4v) is 0.917. The van der Waals surface area contributed by atoms with E-state index < -0.39 is 0 Å². The van der Waals surface area contributed by atoms with Crippen molar-refractivity contribution in [3.8, 4) is 0 Å². The van der Waals surface area contributed by atoms with Gasteiger partial charge in [-0.25, -0.2) is 0 Å². The summed E-state index contributed by atoms with van der Waals surface area (Å²) in [5.74, 6) is 0. The second-order valence-corrected chi connectivity index (χ2v) is 2.25. The molecule has 0 radical (unpaired) electrons. The van der Waals surface area contributed by atoms with Crippen LogP contribution in [0.3, 0.4) is 0 Å². The summed E-state index contributed by atoms with van der Waals surface area (Å²) in [5, 5.41) is 0. The molecular weight excluding hydrogens is 200 g/mol. The standard InChI is InChI=1S/C6H8N2S2.ClH/c9-7-5-1-2-6(8-10)4-3-5;/h1-4,7-10H;1H. The zero-order valence-electron chi connectivity index (χ0n) is 5.61. The lowest BCUT2D eigenvalue weighted by molar-refractivity contribution is 1.67. The molecule has 0 fully saturated rings. The van der Waals surface area contributed by atoms with E-state index in [1.165, 1.54) is 0 Å². The summed E-state index contributed by atoms with van der Waals surface area (Å²) in [7, 11) is 0. The predicted octanol–water partition coefficient (Wildman–Crippen LogP) is 2.62. The van der Waals surface area contributed by atoms with Crippen molar-refractivity contribution in [3.05, 3.63) is 24.3 Å². The maximum atomic E-state index is 3.88. The molecule has 11 heavy (non-hydrogen) atoms. The Kier molecular flexibility index (Phi) is 5.36. The molecule has 0 saturated heterocycles. The highest BCUT2D eigenvalue weighted by atomic mass is 35.5. The molecule has 5 heteroatoms. The predicted molar refractivity (Wildman–Crippen MR) is 58.9 cm³/mol. The largest absolute Gasteiger partial charge is 0.332 e. The smallest absolute Gasteiger partial charge is 0.0439 e. The molecule has 0 atom stereocenters. The fourth-order valence-electron chi connectivity index (χ4n) is 0.619. The van der Waals surface area contributed by atoms with E-state index in [0.717, 1.165) is 11.4 Å². The van der Waals surface area contributed by atoms with E-state index >= 15 is 0 Å². The van der Waals surface area contributed by atoms with Gasteiger partial charge >= 0.3 is 0 Å². The Morgan fingerprint density at radius 1 is 0.818 bits per heavy atom. The zero-order chi connectivity index (χ0) is 7.40. The van der Waals surface area contributed by atoms with Crippen molar-refractivity contribution >= 4 is 49.4 Å². The van der Waals surface area contributed by atoms with E-state index in [1.807, 2.05) is 24.3 Å². The highest BCUT2D eigenvalue weighted by molar-refractivity contribution is 7.81. The first-order valence-electron chi connectivity index (χ1n) is 2.77. The number of rotatable bonds is 2. The van der Waals surface area contributed by atoms with E-state index in [1.54, 1.807) is 0 Å². The summed E-state index contributed by atoms with van der Waals surface area (Å²) >= 11 is 7.77. The molecule has 0 saturated carbocycles. The van der Waals surface area contributed by atoms with E-state index in [2.05, 4.69) is 35.1 Å². The third kappa shape index (κ3) is 3.14. The Morgan fingerprint density at radius 3 is 1.27 bits per heavy atom. The molecule has 0 amide bonds. The minimum absolute atomic E-state index is 0. The van der Waals surface area contributed by atoms with Gasteiger partial charge in [-0.05, 0) is 24.3 Å². The van der Waals surface area contributed by atoms with Gasteiger partial charge in [0.15, 0.2) is 0 Å². The molecule has 0 unspecified atom stereocenters. The Balaban J connectivity index is 0.000001000. The number of benzene rings is 1. The van der Waals surface area contributed by atoms with E-state index in [-0.39, 0.29) is 12.4 Å². The molecule has 0 aliphatic rings. The second kappa shape index (κ2) is 5.46. The maximum absolute atomic E-state index is 3.88. The van der Waals surface area contributed by atoms with Crippen molar-refractivity contribution in [2.24, 2.45) is 0 Å². The topological polar surface area (TPSA) is 24.1 Å². The monoisotopic (exact) mass is 208 g/mol. The minimum atomic E-state index is 0.